The molecule has 6 nitrogen and oxygen atoms in total. The molecule has 2 saturated heterocycles. The van der Waals surface area contributed by atoms with Crippen molar-refractivity contribution < 1.29 is 17.9 Å². The standard InChI is InChI=1S/C18H24N2O4S/c1-13-3-2-4-16(19-13)10-24-9-15-7-8-25(22,23)18(15)11-20(12-18)17(21)14-5-6-14/h2-4,14-15H,5-12H2,1H3/t15-/m1/s1. The molecule has 7 heteroatoms. The van der Waals surface area contributed by atoms with Gasteiger partial charge in [0.2, 0.25) is 5.91 Å². The van der Waals surface area contributed by atoms with Crippen LogP contribution < -0.4 is 0 Å². The van der Waals surface area contributed by atoms with Crippen molar-refractivity contribution in [3.05, 3.63) is 29.6 Å². The molecule has 0 aromatic carbocycles. The van der Waals surface area contributed by atoms with Crippen molar-refractivity contribution in [2.75, 3.05) is 25.4 Å². The Morgan fingerprint density at radius 2 is 2.08 bits per heavy atom. The minimum Gasteiger partial charge on any atom is -0.375 e. The molecule has 1 aromatic rings. The lowest BCUT2D eigenvalue weighted by Gasteiger charge is -2.50. The van der Waals surface area contributed by atoms with Crippen molar-refractivity contribution >= 4 is 15.7 Å². The van der Waals surface area contributed by atoms with E-state index in [0.717, 1.165) is 24.2 Å². The van der Waals surface area contributed by atoms with Crippen LogP contribution in [0, 0.1) is 18.8 Å². The first-order chi connectivity index (χ1) is 11.9. The summed E-state index contributed by atoms with van der Waals surface area (Å²) in [6, 6.07) is 5.78. The second-order valence-electron chi connectivity index (χ2n) is 7.62. The summed E-state index contributed by atoms with van der Waals surface area (Å²) in [6.45, 7) is 3.42. The van der Waals surface area contributed by atoms with Gasteiger partial charge in [0.05, 0.1) is 24.7 Å². The number of hydrogen-bond acceptors (Lipinski definition) is 5. The van der Waals surface area contributed by atoms with Gasteiger partial charge in [-0.05, 0) is 38.3 Å². The van der Waals surface area contributed by atoms with E-state index in [4.69, 9.17) is 4.74 Å². The van der Waals surface area contributed by atoms with Gasteiger partial charge in [0.15, 0.2) is 9.84 Å². The number of rotatable bonds is 5. The summed E-state index contributed by atoms with van der Waals surface area (Å²) < 4.78 is 30.2. The Hall–Kier alpha value is -1.47. The molecule has 0 N–H and O–H groups in total. The average Bonchev–Trinajstić information content (AvgIpc) is 3.31. The number of hydrogen-bond donors (Lipinski definition) is 0. The largest absolute Gasteiger partial charge is 0.375 e. The minimum absolute atomic E-state index is 0.0365. The molecule has 0 unspecified atom stereocenters. The van der Waals surface area contributed by atoms with Crippen LogP contribution in [-0.2, 0) is 26.0 Å². The van der Waals surface area contributed by atoms with Crippen LogP contribution in [0.15, 0.2) is 18.2 Å². The summed E-state index contributed by atoms with van der Waals surface area (Å²) in [5, 5.41) is 0. The van der Waals surface area contributed by atoms with E-state index >= 15 is 0 Å². The summed E-state index contributed by atoms with van der Waals surface area (Å²) in [5.41, 5.74) is 1.79. The van der Waals surface area contributed by atoms with Crippen molar-refractivity contribution in [1.82, 2.24) is 9.88 Å². The van der Waals surface area contributed by atoms with E-state index < -0.39 is 14.6 Å². The van der Waals surface area contributed by atoms with Crippen LogP contribution >= 0.6 is 0 Å². The predicted molar refractivity (Wildman–Crippen MR) is 92.6 cm³/mol. The molecule has 1 spiro atoms. The lowest BCUT2D eigenvalue weighted by Crippen LogP contribution is -2.69. The molecule has 1 aliphatic carbocycles. The fraction of sp³-hybridized carbons (Fsp3) is 0.667. The van der Waals surface area contributed by atoms with E-state index in [1.807, 2.05) is 25.1 Å². The van der Waals surface area contributed by atoms with Gasteiger partial charge in [0.25, 0.3) is 0 Å². The zero-order valence-corrected chi connectivity index (χ0v) is 15.3. The van der Waals surface area contributed by atoms with Crippen LogP contribution in [0.5, 0.6) is 0 Å². The third-order valence-corrected chi connectivity index (χ3v) is 8.37. The van der Waals surface area contributed by atoms with Crippen LogP contribution in [0.1, 0.15) is 30.7 Å². The molecule has 25 heavy (non-hydrogen) atoms. The van der Waals surface area contributed by atoms with E-state index in [2.05, 4.69) is 4.98 Å². The number of ether oxygens (including phenoxy) is 1. The molecule has 2 aliphatic heterocycles. The molecule has 3 heterocycles. The fourth-order valence-electron chi connectivity index (χ4n) is 4.04. The van der Waals surface area contributed by atoms with Crippen molar-refractivity contribution in [2.45, 2.75) is 37.5 Å². The molecule has 3 aliphatic rings. The number of aryl methyl sites for hydroxylation is 1. The molecule has 1 atom stereocenters. The van der Waals surface area contributed by atoms with Crippen LogP contribution in [0.3, 0.4) is 0 Å². The number of carbonyl (C=O) groups is 1. The van der Waals surface area contributed by atoms with E-state index in [1.54, 1.807) is 4.90 Å². The van der Waals surface area contributed by atoms with Crippen LogP contribution in [0.4, 0.5) is 0 Å². The molecule has 0 bridgehead atoms. The number of sulfone groups is 1. The van der Waals surface area contributed by atoms with Gasteiger partial charge < -0.3 is 9.64 Å². The number of pyridine rings is 1. The smallest absolute Gasteiger partial charge is 0.225 e. The normalized spacial score (nSPS) is 26.6. The molecule has 0 radical (unpaired) electrons. The van der Waals surface area contributed by atoms with Gasteiger partial charge in [-0.1, -0.05) is 6.07 Å². The van der Waals surface area contributed by atoms with Gasteiger partial charge in [0.1, 0.15) is 4.75 Å². The first-order valence-corrected chi connectivity index (χ1v) is 10.6. The minimum atomic E-state index is -3.16. The molecule has 4 rings (SSSR count). The van der Waals surface area contributed by atoms with Crippen LogP contribution in [-0.4, -0.2) is 54.4 Å². The highest BCUT2D eigenvalue weighted by Crippen LogP contribution is 2.46. The summed E-state index contributed by atoms with van der Waals surface area (Å²) >= 11 is 0. The molecule has 1 amide bonds. The number of nitrogens with zero attached hydrogens (tertiary/aromatic N) is 2. The summed E-state index contributed by atoms with van der Waals surface area (Å²) in [7, 11) is -3.16. The van der Waals surface area contributed by atoms with E-state index in [-0.39, 0.29) is 23.5 Å². The van der Waals surface area contributed by atoms with Crippen LogP contribution in [0.25, 0.3) is 0 Å². The van der Waals surface area contributed by atoms with E-state index in [1.165, 1.54) is 0 Å². The van der Waals surface area contributed by atoms with E-state index in [9.17, 15) is 13.2 Å². The van der Waals surface area contributed by atoms with Crippen LogP contribution in [0.2, 0.25) is 0 Å². The topological polar surface area (TPSA) is 76.6 Å². The number of likely N-dealkylation sites (tertiary alicyclic amines) is 1. The second kappa shape index (κ2) is 6.06. The van der Waals surface area contributed by atoms with Crippen molar-refractivity contribution in [3.63, 3.8) is 0 Å². The summed E-state index contributed by atoms with van der Waals surface area (Å²) in [4.78, 5) is 18.3. The predicted octanol–water partition coefficient (Wildman–Crippen LogP) is 1.33. The van der Waals surface area contributed by atoms with Crippen molar-refractivity contribution in [3.8, 4) is 0 Å². The van der Waals surface area contributed by atoms with Gasteiger partial charge in [-0.15, -0.1) is 0 Å². The monoisotopic (exact) mass is 364 g/mol. The second-order valence-corrected chi connectivity index (χ2v) is 10.1. The Morgan fingerprint density at radius 3 is 2.76 bits per heavy atom. The Morgan fingerprint density at radius 1 is 1.32 bits per heavy atom. The number of aromatic nitrogens is 1. The average molecular weight is 364 g/mol. The lowest BCUT2D eigenvalue weighted by atomic mass is 9.83. The third-order valence-electron chi connectivity index (χ3n) is 5.77. The van der Waals surface area contributed by atoms with Gasteiger partial charge >= 0.3 is 0 Å². The maximum absolute atomic E-state index is 12.6. The maximum atomic E-state index is 12.6. The Labute approximate surface area is 148 Å². The molecule has 1 aromatic heterocycles. The van der Waals surface area contributed by atoms with Crippen molar-refractivity contribution in [2.24, 2.45) is 11.8 Å². The molecular weight excluding hydrogens is 340 g/mol. The van der Waals surface area contributed by atoms with Crippen molar-refractivity contribution in [1.29, 1.82) is 0 Å². The first kappa shape index (κ1) is 17.0. The molecular formula is C18H24N2O4S. The Balaban J connectivity index is 1.38. The zero-order valence-electron chi connectivity index (χ0n) is 14.5. The highest BCUT2D eigenvalue weighted by Gasteiger charge is 2.63. The Kier molecular flexibility index (Phi) is 4.11. The highest BCUT2D eigenvalue weighted by molar-refractivity contribution is 7.93. The molecule has 1 saturated carbocycles. The zero-order chi connectivity index (χ0) is 17.7. The number of carbonyl (C=O) groups excluding carboxylic acids is 1. The van der Waals surface area contributed by atoms with Gasteiger partial charge in [-0.25, -0.2) is 8.42 Å². The Bertz CT molecular complexity index is 782. The summed E-state index contributed by atoms with van der Waals surface area (Å²) in [6.07, 6.45) is 2.52. The van der Waals surface area contributed by atoms with Gasteiger partial charge in [-0.3, -0.25) is 9.78 Å². The SMILES string of the molecule is Cc1cccc(COC[C@H]2CCS(=O)(=O)C23CN(C(=O)C2CC2)C3)n1. The highest BCUT2D eigenvalue weighted by atomic mass is 32.2. The first-order valence-electron chi connectivity index (χ1n) is 8.93. The van der Waals surface area contributed by atoms with E-state index in [0.29, 0.717) is 32.7 Å². The maximum Gasteiger partial charge on any atom is 0.225 e. The van der Waals surface area contributed by atoms with Gasteiger partial charge in [-0.2, -0.15) is 0 Å². The number of amides is 1. The quantitative estimate of drug-likeness (QED) is 0.788. The summed E-state index contributed by atoms with van der Waals surface area (Å²) in [5.74, 6) is 0.445. The molecule has 136 valence electrons. The third kappa shape index (κ3) is 2.97. The fourth-order valence-corrected chi connectivity index (χ4v) is 6.44. The van der Waals surface area contributed by atoms with Gasteiger partial charge in [0, 0.05) is 30.6 Å². The molecule has 3 fully saturated rings. The lowest BCUT2D eigenvalue weighted by molar-refractivity contribution is -0.139.